The molecule has 0 saturated carbocycles. The van der Waals surface area contributed by atoms with E-state index in [0.29, 0.717) is 16.7 Å². The summed E-state index contributed by atoms with van der Waals surface area (Å²) < 4.78 is 4.61. The number of H-pyrrole nitrogens is 1. The lowest BCUT2D eigenvalue weighted by Gasteiger charge is -2.07. The van der Waals surface area contributed by atoms with Crippen LogP contribution in [0.15, 0.2) is 41.3 Å². The molecule has 2 N–H and O–H groups in total. The zero-order chi connectivity index (χ0) is 14.7. The Morgan fingerprint density at radius 2 is 2.00 bits per heavy atom. The Labute approximate surface area is 113 Å². The molecule has 6 nitrogen and oxygen atoms in total. The number of aromatic amines is 1. The minimum Gasteiger partial charge on any atom is -0.478 e. The normalized spacial score (nSPS) is 10.1. The summed E-state index contributed by atoms with van der Waals surface area (Å²) >= 11 is 0. The number of carbonyl (C=O) groups is 2. The maximum atomic E-state index is 11.5. The lowest BCUT2D eigenvalue weighted by molar-refractivity contribution is 0.0600. The van der Waals surface area contributed by atoms with Crippen molar-refractivity contribution in [3.8, 4) is 11.1 Å². The van der Waals surface area contributed by atoms with E-state index in [1.54, 1.807) is 18.2 Å². The van der Waals surface area contributed by atoms with Gasteiger partial charge in [-0.15, -0.1) is 0 Å². The van der Waals surface area contributed by atoms with E-state index in [1.807, 2.05) is 0 Å². The molecule has 0 aliphatic carbocycles. The molecule has 102 valence electrons. The van der Waals surface area contributed by atoms with Crippen LogP contribution in [0.25, 0.3) is 11.1 Å². The molecule has 0 spiro atoms. The van der Waals surface area contributed by atoms with Gasteiger partial charge < -0.3 is 14.8 Å². The van der Waals surface area contributed by atoms with E-state index in [1.165, 1.54) is 19.4 Å². The molecule has 1 heterocycles. The SMILES string of the molecule is COC(=O)c1cccc(-c2c[nH]c(=O)cc2C(=O)O)c1. The number of hydrogen-bond acceptors (Lipinski definition) is 4. The Kier molecular flexibility index (Phi) is 3.65. The van der Waals surface area contributed by atoms with Crippen LogP contribution in [0.1, 0.15) is 20.7 Å². The van der Waals surface area contributed by atoms with Crippen LogP contribution in [-0.2, 0) is 4.74 Å². The summed E-state index contributed by atoms with van der Waals surface area (Å²) in [6.07, 6.45) is 1.31. The maximum absolute atomic E-state index is 11.5. The van der Waals surface area contributed by atoms with Gasteiger partial charge in [0.2, 0.25) is 5.56 Å². The van der Waals surface area contributed by atoms with Crippen molar-refractivity contribution in [2.75, 3.05) is 7.11 Å². The van der Waals surface area contributed by atoms with E-state index in [2.05, 4.69) is 9.72 Å². The molecule has 0 unspecified atom stereocenters. The van der Waals surface area contributed by atoms with Gasteiger partial charge in [-0.1, -0.05) is 12.1 Å². The third-order valence-electron chi connectivity index (χ3n) is 2.75. The molecule has 0 atom stereocenters. The molecule has 0 amide bonds. The number of aromatic carboxylic acids is 1. The second-order valence-corrected chi connectivity index (χ2v) is 4.00. The fourth-order valence-electron chi connectivity index (χ4n) is 1.82. The number of carbonyl (C=O) groups excluding carboxylic acids is 1. The highest BCUT2D eigenvalue weighted by Gasteiger charge is 2.14. The highest BCUT2D eigenvalue weighted by molar-refractivity contribution is 5.97. The van der Waals surface area contributed by atoms with Crippen molar-refractivity contribution < 1.29 is 19.4 Å². The van der Waals surface area contributed by atoms with Crippen LogP contribution in [0.3, 0.4) is 0 Å². The molecule has 0 radical (unpaired) electrons. The van der Waals surface area contributed by atoms with Gasteiger partial charge in [-0.05, 0) is 17.7 Å². The average Bonchev–Trinajstić information content (AvgIpc) is 2.46. The Balaban J connectivity index is 2.60. The Morgan fingerprint density at radius 1 is 1.25 bits per heavy atom. The van der Waals surface area contributed by atoms with Crippen molar-refractivity contribution in [2.24, 2.45) is 0 Å². The second-order valence-electron chi connectivity index (χ2n) is 4.00. The van der Waals surface area contributed by atoms with Crippen molar-refractivity contribution in [3.05, 3.63) is 58.0 Å². The van der Waals surface area contributed by atoms with Crippen LogP contribution < -0.4 is 5.56 Å². The summed E-state index contributed by atoms with van der Waals surface area (Å²) in [4.78, 5) is 36.3. The lowest BCUT2D eigenvalue weighted by Crippen LogP contribution is -2.10. The summed E-state index contributed by atoms with van der Waals surface area (Å²) in [6, 6.07) is 7.32. The second kappa shape index (κ2) is 5.40. The van der Waals surface area contributed by atoms with Crippen LogP contribution >= 0.6 is 0 Å². The third kappa shape index (κ3) is 2.59. The van der Waals surface area contributed by atoms with Gasteiger partial charge in [-0.2, -0.15) is 0 Å². The van der Waals surface area contributed by atoms with Crippen LogP contribution in [-0.4, -0.2) is 29.1 Å². The van der Waals surface area contributed by atoms with Gasteiger partial charge in [0.05, 0.1) is 18.2 Å². The number of nitrogens with one attached hydrogen (secondary N) is 1. The molecule has 0 aliphatic rings. The average molecular weight is 273 g/mol. The minimum atomic E-state index is -1.21. The van der Waals surface area contributed by atoms with E-state index in [9.17, 15) is 14.4 Å². The summed E-state index contributed by atoms with van der Waals surface area (Å²) in [5.74, 6) is -1.73. The van der Waals surface area contributed by atoms with Gasteiger partial charge in [0.15, 0.2) is 0 Å². The predicted octanol–water partition coefficient (Wildman–Crippen LogP) is 1.53. The topological polar surface area (TPSA) is 96.5 Å². The van der Waals surface area contributed by atoms with Crippen LogP contribution in [0.4, 0.5) is 0 Å². The molecule has 0 saturated heterocycles. The van der Waals surface area contributed by atoms with Gasteiger partial charge in [-0.25, -0.2) is 9.59 Å². The van der Waals surface area contributed by atoms with Crippen molar-refractivity contribution in [2.45, 2.75) is 0 Å². The first-order valence-corrected chi connectivity index (χ1v) is 5.67. The highest BCUT2D eigenvalue weighted by Crippen LogP contribution is 2.23. The zero-order valence-corrected chi connectivity index (χ0v) is 10.5. The number of carboxylic acids is 1. The molecule has 20 heavy (non-hydrogen) atoms. The number of ether oxygens (including phenoxy) is 1. The lowest BCUT2D eigenvalue weighted by atomic mass is 10.0. The molecule has 2 aromatic rings. The molecular weight excluding hydrogens is 262 g/mol. The number of rotatable bonds is 3. The maximum Gasteiger partial charge on any atom is 0.337 e. The molecular formula is C14H11NO5. The van der Waals surface area contributed by atoms with Crippen molar-refractivity contribution in [3.63, 3.8) is 0 Å². The number of esters is 1. The minimum absolute atomic E-state index is 0.129. The van der Waals surface area contributed by atoms with Crippen molar-refractivity contribution in [1.82, 2.24) is 4.98 Å². The quantitative estimate of drug-likeness (QED) is 0.826. The largest absolute Gasteiger partial charge is 0.478 e. The van der Waals surface area contributed by atoms with Gasteiger partial charge in [0.1, 0.15) is 0 Å². The summed E-state index contributed by atoms with van der Waals surface area (Å²) in [7, 11) is 1.26. The van der Waals surface area contributed by atoms with Gasteiger partial charge in [0, 0.05) is 17.8 Å². The number of pyridine rings is 1. The number of benzene rings is 1. The first-order valence-electron chi connectivity index (χ1n) is 5.67. The van der Waals surface area contributed by atoms with Crippen LogP contribution in [0.2, 0.25) is 0 Å². The number of hydrogen-bond donors (Lipinski definition) is 2. The number of carboxylic acid groups (broad SMARTS) is 1. The predicted molar refractivity (Wildman–Crippen MR) is 70.8 cm³/mol. The van der Waals surface area contributed by atoms with Gasteiger partial charge in [0.25, 0.3) is 0 Å². The summed E-state index contributed by atoms with van der Waals surface area (Å²) in [6.45, 7) is 0. The third-order valence-corrected chi connectivity index (χ3v) is 2.75. The smallest absolute Gasteiger partial charge is 0.337 e. The molecule has 6 heteroatoms. The first-order chi connectivity index (χ1) is 9.52. The van der Waals surface area contributed by atoms with E-state index < -0.39 is 17.5 Å². The van der Waals surface area contributed by atoms with E-state index >= 15 is 0 Å². The standard InChI is InChI=1S/C14H11NO5/c1-20-14(19)9-4-2-3-8(5-9)11-7-15-12(16)6-10(11)13(17)18/h2-7H,1H3,(H,15,16)(H,17,18). The van der Waals surface area contributed by atoms with Gasteiger partial charge in [-0.3, -0.25) is 4.79 Å². The van der Waals surface area contributed by atoms with Gasteiger partial charge >= 0.3 is 11.9 Å². The first kappa shape index (κ1) is 13.5. The van der Waals surface area contributed by atoms with Crippen molar-refractivity contribution >= 4 is 11.9 Å². The Bertz CT molecular complexity index is 732. The Morgan fingerprint density at radius 3 is 2.65 bits per heavy atom. The molecule has 0 bridgehead atoms. The summed E-state index contributed by atoms with van der Waals surface area (Å²) in [5, 5.41) is 9.13. The molecule has 1 aromatic heterocycles. The molecule has 2 rings (SSSR count). The van der Waals surface area contributed by atoms with Crippen LogP contribution in [0.5, 0.6) is 0 Å². The fraction of sp³-hybridized carbons (Fsp3) is 0.0714. The van der Waals surface area contributed by atoms with Crippen LogP contribution in [0, 0.1) is 0 Å². The molecule has 0 aliphatic heterocycles. The van der Waals surface area contributed by atoms with E-state index in [-0.39, 0.29) is 5.56 Å². The highest BCUT2D eigenvalue weighted by atomic mass is 16.5. The van der Waals surface area contributed by atoms with E-state index in [0.717, 1.165) is 6.07 Å². The zero-order valence-electron chi connectivity index (χ0n) is 10.5. The monoisotopic (exact) mass is 273 g/mol. The van der Waals surface area contributed by atoms with Crippen molar-refractivity contribution in [1.29, 1.82) is 0 Å². The number of aromatic nitrogens is 1. The Hall–Kier alpha value is -2.89. The number of methoxy groups -OCH3 is 1. The molecule has 1 aromatic carbocycles. The molecule has 0 fully saturated rings. The summed E-state index contributed by atoms with van der Waals surface area (Å²) in [5.41, 5.74) is 0.489. The fourth-order valence-corrected chi connectivity index (χ4v) is 1.82. The van der Waals surface area contributed by atoms with E-state index in [4.69, 9.17) is 5.11 Å².